The van der Waals surface area contributed by atoms with Gasteiger partial charge in [-0.05, 0) is 85.2 Å². The van der Waals surface area contributed by atoms with Crippen molar-refractivity contribution in [1.82, 2.24) is 19.9 Å². The summed E-state index contributed by atoms with van der Waals surface area (Å²) in [6.45, 7) is 0. The fraction of sp³-hybridized carbons (Fsp3) is 0.270. The fourth-order valence-electron chi connectivity index (χ4n) is 7.03. The van der Waals surface area contributed by atoms with Crippen molar-refractivity contribution in [3.05, 3.63) is 108 Å². The molecular formula is C37H36N4O5. The van der Waals surface area contributed by atoms with Crippen LogP contribution in [0.3, 0.4) is 0 Å². The maximum absolute atomic E-state index is 13.5. The normalized spacial score (nSPS) is 17.3. The summed E-state index contributed by atoms with van der Waals surface area (Å²) < 4.78 is 7.79. The maximum atomic E-state index is 13.5. The number of imidazole rings is 1. The van der Waals surface area contributed by atoms with Crippen LogP contribution in [0, 0.1) is 5.92 Å². The number of rotatable bonds is 10. The molecule has 6 aromatic rings. The zero-order chi connectivity index (χ0) is 31.6. The number of aromatic hydroxyl groups is 1. The van der Waals surface area contributed by atoms with Crippen molar-refractivity contribution in [2.45, 2.75) is 57.0 Å². The molecule has 9 nitrogen and oxygen atoms in total. The summed E-state index contributed by atoms with van der Waals surface area (Å²) in [6.07, 6.45) is 11.7. The number of carbonyl (C=O) groups is 2. The second kappa shape index (κ2) is 12.6. The predicted octanol–water partition coefficient (Wildman–Crippen LogP) is 7.27. The quantitative estimate of drug-likeness (QED) is 0.128. The van der Waals surface area contributed by atoms with E-state index < -0.39 is 17.9 Å². The monoisotopic (exact) mass is 616 g/mol. The van der Waals surface area contributed by atoms with Gasteiger partial charge in [-0.25, -0.2) is 9.78 Å². The lowest BCUT2D eigenvalue weighted by atomic mass is 9.80. The highest BCUT2D eigenvalue weighted by atomic mass is 16.4. The second-order valence-corrected chi connectivity index (χ2v) is 12.3. The molecule has 1 amide bonds. The SMILES string of the molecule is O=C(N[C@@H](Cc1c[nH]c2ccc(O)cc12)C(=O)O)c1ccc2c(c1)nc(-c1ccoc1)n2C1CCCC[C@H]1CCc1ccccc1. The van der Waals surface area contributed by atoms with Crippen LogP contribution in [0.15, 0.2) is 95.9 Å². The predicted molar refractivity (Wildman–Crippen MR) is 176 cm³/mol. The first-order chi connectivity index (χ1) is 22.4. The number of amides is 1. The van der Waals surface area contributed by atoms with E-state index in [0.717, 1.165) is 54.5 Å². The summed E-state index contributed by atoms with van der Waals surface area (Å²) in [5.74, 6) is -0.265. The number of aromatic amines is 1. The molecule has 3 aromatic carbocycles. The molecule has 0 bridgehead atoms. The molecule has 1 fully saturated rings. The van der Waals surface area contributed by atoms with Gasteiger partial charge in [0.2, 0.25) is 0 Å². The number of hydrogen-bond donors (Lipinski definition) is 4. The Bertz CT molecular complexity index is 1990. The Balaban J connectivity index is 1.17. The molecule has 1 unspecified atom stereocenters. The number of benzene rings is 3. The highest BCUT2D eigenvalue weighted by Gasteiger charge is 2.31. The van der Waals surface area contributed by atoms with Gasteiger partial charge < -0.3 is 29.5 Å². The zero-order valence-electron chi connectivity index (χ0n) is 25.4. The van der Waals surface area contributed by atoms with Crippen LogP contribution in [0.2, 0.25) is 0 Å². The van der Waals surface area contributed by atoms with Crippen molar-refractivity contribution in [3.63, 3.8) is 0 Å². The first kappa shape index (κ1) is 29.4. The van der Waals surface area contributed by atoms with Gasteiger partial charge in [-0.1, -0.05) is 43.2 Å². The Morgan fingerprint density at radius 2 is 1.89 bits per heavy atom. The van der Waals surface area contributed by atoms with Gasteiger partial charge >= 0.3 is 5.97 Å². The number of carboxylic acid groups (broad SMARTS) is 1. The third-order valence-corrected chi connectivity index (χ3v) is 9.36. The minimum atomic E-state index is -1.17. The highest BCUT2D eigenvalue weighted by Crippen LogP contribution is 2.41. The van der Waals surface area contributed by atoms with E-state index in [-0.39, 0.29) is 18.2 Å². The Morgan fingerprint density at radius 3 is 2.70 bits per heavy atom. The lowest BCUT2D eigenvalue weighted by Crippen LogP contribution is -2.42. The molecule has 1 saturated carbocycles. The smallest absolute Gasteiger partial charge is 0.326 e. The number of carbonyl (C=O) groups excluding carboxylic acids is 1. The number of aryl methyl sites for hydroxylation is 1. The van der Waals surface area contributed by atoms with Crippen LogP contribution >= 0.6 is 0 Å². The van der Waals surface area contributed by atoms with E-state index in [1.807, 2.05) is 18.2 Å². The minimum Gasteiger partial charge on any atom is -0.508 e. The van der Waals surface area contributed by atoms with Crippen LogP contribution in [0.5, 0.6) is 5.75 Å². The molecule has 0 saturated heterocycles. The standard InChI is InChI=1S/C37H36N4O5/c42-28-13-14-30-29(20-28)27(21-38-30)19-32(37(44)45)40-36(43)25-12-15-34-31(18-25)39-35(26-16-17-46-22-26)41(34)33-9-5-4-8-24(33)11-10-23-6-2-1-3-7-23/h1-3,6-7,12-18,20-22,24,32-33,38,42H,4-5,8-11,19H2,(H,40,43)(H,44,45)/t24-,32-,33?/m0/s1. The third kappa shape index (κ3) is 5.88. The lowest BCUT2D eigenvalue weighted by molar-refractivity contribution is -0.139. The van der Waals surface area contributed by atoms with Gasteiger partial charge in [-0.15, -0.1) is 0 Å². The van der Waals surface area contributed by atoms with E-state index in [4.69, 9.17) is 9.40 Å². The lowest BCUT2D eigenvalue weighted by Gasteiger charge is -2.34. The summed E-state index contributed by atoms with van der Waals surface area (Å²) in [4.78, 5) is 33.8. The van der Waals surface area contributed by atoms with Gasteiger partial charge in [-0.3, -0.25) is 4.79 Å². The third-order valence-electron chi connectivity index (χ3n) is 9.36. The topological polar surface area (TPSA) is 133 Å². The van der Waals surface area contributed by atoms with Crippen molar-refractivity contribution in [2.24, 2.45) is 5.92 Å². The molecule has 9 heteroatoms. The molecule has 3 atom stereocenters. The fourth-order valence-corrected chi connectivity index (χ4v) is 7.03. The number of nitrogens with one attached hydrogen (secondary N) is 2. The maximum Gasteiger partial charge on any atom is 0.326 e. The first-order valence-electron chi connectivity index (χ1n) is 15.9. The number of furan rings is 1. The summed E-state index contributed by atoms with van der Waals surface area (Å²) >= 11 is 0. The van der Waals surface area contributed by atoms with Crippen molar-refractivity contribution in [1.29, 1.82) is 0 Å². The molecule has 234 valence electrons. The largest absolute Gasteiger partial charge is 0.508 e. The van der Waals surface area contributed by atoms with E-state index in [9.17, 15) is 19.8 Å². The first-order valence-corrected chi connectivity index (χ1v) is 15.9. The summed E-state index contributed by atoms with van der Waals surface area (Å²) in [5, 5.41) is 23.4. The Morgan fingerprint density at radius 1 is 1.04 bits per heavy atom. The van der Waals surface area contributed by atoms with Crippen LogP contribution in [-0.4, -0.2) is 42.7 Å². The van der Waals surface area contributed by atoms with E-state index >= 15 is 0 Å². The molecule has 0 radical (unpaired) electrons. The summed E-state index contributed by atoms with van der Waals surface area (Å²) in [7, 11) is 0. The second-order valence-electron chi connectivity index (χ2n) is 12.3. The van der Waals surface area contributed by atoms with Crippen LogP contribution in [-0.2, 0) is 17.6 Å². The van der Waals surface area contributed by atoms with E-state index in [2.05, 4.69) is 39.1 Å². The van der Waals surface area contributed by atoms with Gasteiger partial charge in [0.1, 0.15) is 23.9 Å². The van der Waals surface area contributed by atoms with E-state index in [1.165, 1.54) is 12.0 Å². The number of carboxylic acids is 1. The number of hydrogen-bond acceptors (Lipinski definition) is 5. The van der Waals surface area contributed by atoms with Crippen molar-refractivity contribution >= 4 is 33.8 Å². The highest BCUT2D eigenvalue weighted by molar-refractivity contribution is 6.00. The van der Waals surface area contributed by atoms with Gasteiger partial charge in [0.05, 0.1) is 22.9 Å². The average molecular weight is 617 g/mol. The number of aromatic nitrogens is 3. The van der Waals surface area contributed by atoms with E-state index in [0.29, 0.717) is 27.9 Å². The van der Waals surface area contributed by atoms with Crippen molar-refractivity contribution in [3.8, 4) is 17.1 Å². The molecular weight excluding hydrogens is 580 g/mol. The van der Waals surface area contributed by atoms with Gasteiger partial charge in [0.15, 0.2) is 0 Å². The molecule has 7 rings (SSSR count). The van der Waals surface area contributed by atoms with Gasteiger partial charge in [-0.2, -0.15) is 0 Å². The number of fused-ring (bicyclic) bond motifs is 2. The summed E-state index contributed by atoms with van der Waals surface area (Å²) in [6, 6.07) is 21.9. The number of phenolic OH excluding ortho intramolecular Hbond substituents is 1. The molecule has 46 heavy (non-hydrogen) atoms. The molecule has 0 spiro atoms. The zero-order valence-corrected chi connectivity index (χ0v) is 25.4. The van der Waals surface area contributed by atoms with Crippen LogP contribution in [0.1, 0.15) is 59.6 Å². The number of aliphatic carboxylic acids is 1. The molecule has 3 aromatic heterocycles. The van der Waals surface area contributed by atoms with Crippen molar-refractivity contribution in [2.75, 3.05) is 0 Å². The molecule has 3 heterocycles. The molecule has 1 aliphatic rings. The van der Waals surface area contributed by atoms with Gasteiger partial charge in [0.25, 0.3) is 5.91 Å². The number of H-pyrrole nitrogens is 1. The molecule has 1 aliphatic carbocycles. The van der Waals surface area contributed by atoms with Crippen LogP contribution in [0.4, 0.5) is 0 Å². The minimum absolute atomic E-state index is 0.0537. The number of nitrogens with zero attached hydrogens (tertiary/aromatic N) is 2. The Kier molecular flexibility index (Phi) is 8.05. The molecule has 0 aliphatic heterocycles. The summed E-state index contributed by atoms with van der Waals surface area (Å²) in [5.41, 5.74) is 5.64. The van der Waals surface area contributed by atoms with Crippen LogP contribution in [0.25, 0.3) is 33.3 Å². The Hall–Kier alpha value is -5.31. The average Bonchev–Trinajstić information content (AvgIpc) is 3.83. The molecule has 4 N–H and O–H groups in total. The Labute approximate surface area is 265 Å². The number of phenols is 1. The van der Waals surface area contributed by atoms with Crippen molar-refractivity contribution < 1.29 is 24.2 Å². The van der Waals surface area contributed by atoms with E-state index in [1.54, 1.807) is 49.1 Å². The van der Waals surface area contributed by atoms with Crippen LogP contribution < -0.4 is 5.32 Å². The van der Waals surface area contributed by atoms with Gasteiger partial charge in [0, 0.05) is 35.1 Å².